The van der Waals surface area contributed by atoms with Crippen molar-refractivity contribution in [3.05, 3.63) is 59.3 Å². The number of carbonyl (C=O) groups excluding carboxylic acids is 1. The summed E-state index contributed by atoms with van der Waals surface area (Å²) in [7, 11) is 0. The molecule has 3 heterocycles. The molecule has 1 saturated heterocycles. The van der Waals surface area contributed by atoms with Gasteiger partial charge in [0.25, 0.3) is 5.91 Å². The van der Waals surface area contributed by atoms with Crippen LogP contribution in [-0.2, 0) is 13.0 Å². The molecule has 1 aromatic heterocycles. The summed E-state index contributed by atoms with van der Waals surface area (Å²) in [6.45, 7) is 9.14. The third kappa shape index (κ3) is 4.20. The lowest BCUT2D eigenvalue weighted by Crippen LogP contribution is -2.51. The Morgan fingerprint density at radius 1 is 1.25 bits per heavy atom. The zero-order chi connectivity index (χ0) is 19.5. The molecule has 2 aromatic rings. The fourth-order valence-corrected chi connectivity index (χ4v) is 4.22. The summed E-state index contributed by atoms with van der Waals surface area (Å²) in [6.07, 6.45) is 3.71. The van der Waals surface area contributed by atoms with Crippen molar-refractivity contribution in [2.45, 2.75) is 39.3 Å². The molecular formula is C23H30N4O. The number of hydrogen-bond donors (Lipinski definition) is 1. The van der Waals surface area contributed by atoms with E-state index in [1.807, 2.05) is 6.07 Å². The average molecular weight is 379 g/mol. The normalized spacial score (nSPS) is 18.8. The minimum Gasteiger partial charge on any atom is -0.352 e. The molecule has 5 heteroatoms. The first kappa shape index (κ1) is 18.9. The predicted octanol–water partition coefficient (Wildman–Crippen LogP) is 3.10. The van der Waals surface area contributed by atoms with E-state index in [9.17, 15) is 4.79 Å². The summed E-state index contributed by atoms with van der Waals surface area (Å²) >= 11 is 0. The Hall–Kier alpha value is -2.40. The van der Waals surface area contributed by atoms with Crippen LogP contribution in [0.5, 0.6) is 0 Å². The van der Waals surface area contributed by atoms with Crippen LogP contribution in [0, 0.1) is 5.92 Å². The summed E-state index contributed by atoms with van der Waals surface area (Å²) in [4.78, 5) is 22.0. The minimum absolute atomic E-state index is 0.00785. The first-order valence-corrected chi connectivity index (χ1v) is 10.4. The highest BCUT2D eigenvalue weighted by Gasteiger charge is 2.35. The first-order valence-electron chi connectivity index (χ1n) is 10.4. The number of aromatic nitrogens is 1. The molecule has 0 radical (unpaired) electrons. The summed E-state index contributed by atoms with van der Waals surface area (Å²) in [5, 5.41) is 3.02. The maximum atomic E-state index is 12.4. The van der Waals surface area contributed by atoms with E-state index >= 15 is 0 Å². The van der Waals surface area contributed by atoms with Crippen molar-refractivity contribution in [3.63, 3.8) is 0 Å². The van der Waals surface area contributed by atoms with Gasteiger partial charge in [-0.1, -0.05) is 44.2 Å². The van der Waals surface area contributed by atoms with Crippen molar-refractivity contribution in [2.75, 3.05) is 31.1 Å². The number of nitrogens with one attached hydrogen (secondary N) is 1. The fraction of sp³-hybridized carbons (Fsp3) is 0.478. The highest BCUT2D eigenvalue weighted by atomic mass is 16.1. The van der Waals surface area contributed by atoms with Crippen LogP contribution in [0.4, 0.5) is 5.82 Å². The summed E-state index contributed by atoms with van der Waals surface area (Å²) in [5.41, 5.74) is 3.26. The predicted molar refractivity (Wildman–Crippen MR) is 113 cm³/mol. The number of hydrogen-bond acceptors (Lipinski definition) is 4. The SMILES string of the molecule is CC(C)CCNC(=O)c1cnc2c(c1)CC1CN(Cc3ccccc3)CCN21. The van der Waals surface area contributed by atoms with Crippen molar-refractivity contribution in [2.24, 2.45) is 5.92 Å². The second-order valence-electron chi connectivity index (χ2n) is 8.42. The summed E-state index contributed by atoms with van der Waals surface area (Å²) in [5.74, 6) is 1.66. The maximum Gasteiger partial charge on any atom is 0.252 e. The zero-order valence-corrected chi connectivity index (χ0v) is 16.9. The van der Waals surface area contributed by atoms with Crippen LogP contribution < -0.4 is 10.2 Å². The lowest BCUT2D eigenvalue weighted by molar-refractivity contribution is 0.0951. The summed E-state index contributed by atoms with van der Waals surface area (Å²) in [6, 6.07) is 13.2. The first-order chi connectivity index (χ1) is 13.6. The van der Waals surface area contributed by atoms with Gasteiger partial charge in [0, 0.05) is 45.0 Å². The average Bonchev–Trinajstić information content (AvgIpc) is 3.05. The molecule has 0 bridgehead atoms. The number of pyridine rings is 1. The Bertz CT molecular complexity index is 821. The van der Waals surface area contributed by atoms with Crippen LogP contribution in [0.25, 0.3) is 0 Å². The molecule has 2 aliphatic rings. The van der Waals surface area contributed by atoms with Gasteiger partial charge in [0.1, 0.15) is 5.82 Å². The van der Waals surface area contributed by atoms with E-state index in [-0.39, 0.29) is 5.91 Å². The van der Waals surface area contributed by atoms with Gasteiger partial charge < -0.3 is 10.2 Å². The molecule has 1 aromatic carbocycles. The number of benzene rings is 1. The Kier molecular flexibility index (Phi) is 5.62. The molecular weight excluding hydrogens is 348 g/mol. The van der Waals surface area contributed by atoms with E-state index in [1.54, 1.807) is 6.20 Å². The van der Waals surface area contributed by atoms with Gasteiger partial charge in [-0.3, -0.25) is 9.69 Å². The molecule has 0 aliphatic carbocycles. The van der Waals surface area contributed by atoms with Crippen molar-refractivity contribution in [3.8, 4) is 0 Å². The second kappa shape index (κ2) is 8.31. The molecule has 1 unspecified atom stereocenters. The van der Waals surface area contributed by atoms with Gasteiger partial charge in [-0.15, -0.1) is 0 Å². The zero-order valence-electron chi connectivity index (χ0n) is 16.9. The number of fused-ring (bicyclic) bond motifs is 3. The lowest BCUT2D eigenvalue weighted by Gasteiger charge is -2.38. The van der Waals surface area contributed by atoms with Crippen LogP contribution >= 0.6 is 0 Å². The number of amides is 1. The Labute approximate surface area is 167 Å². The van der Waals surface area contributed by atoms with Gasteiger partial charge >= 0.3 is 0 Å². The molecule has 1 N–H and O–H groups in total. The molecule has 28 heavy (non-hydrogen) atoms. The molecule has 0 spiro atoms. The van der Waals surface area contributed by atoms with Gasteiger partial charge in [0.2, 0.25) is 0 Å². The molecule has 1 atom stereocenters. The third-order valence-corrected chi connectivity index (χ3v) is 5.76. The van der Waals surface area contributed by atoms with Gasteiger partial charge in [-0.05, 0) is 36.0 Å². The third-order valence-electron chi connectivity index (χ3n) is 5.76. The van der Waals surface area contributed by atoms with Crippen molar-refractivity contribution in [1.82, 2.24) is 15.2 Å². The molecule has 5 nitrogen and oxygen atoms in total. The molecule has 0 saturated carbocycles. The van der Waals surface area contributed by atoms with Crippen molar-refractivity contribution < 1.29 is 4.79 Å². The topological polar surface area (TPSA) is 48.5 Å². The van der Waals surface area contributed by atoms with E-state index in [1.165, 1.54) is 11.1 Å². The quantitative estimate of drug-likeness (QED) is 0.839. The number of nitrogens with zero attached hydrogens (tertiary/aromatic N) is 3. The fourth-order valence-electron chi connectivity index (χ4n) is 4.22. The largest absolute Gasteiger partial charge is 0.352 e. The second-order valence-corrected chi connectivity index (χ2v) is 8.42. The standard InChI is InChI=1S/C23H30N4O/c1-17(2)8-9-24-23(28)20-12-19-13-21-16-26(15-18-6-4-3-5-7-18)10-11-27(21)22(19)25-14-20/h3-7,12,14,17,21H,8-11,13,15-16H2,1-2H3,(H,24,28). The van der Waals surface area contributed by atoms with Gasteiger partial charge in [-0.2, -0.15) is 0 Å². The van der Waals surface area contributed by atoms with Gasteiger partial charge in [0.05, 0.1) is 5.56 Å². The molecule has 1 amide bonds. The smallest absolute Gasteiger partial charge is 0.252 e. The highest BCUT2D eigenvalue weighted by molar-refractivity contribution is 5.94. The monoisotopic (exact) mass is 378 g/mol. The van der Waals surface area contributed by atoms with Gasteiger partial charge in [-0.25, -0.2) is 4.98 Å². The van der Waals surface area contributed by atoms with Crippen LogP contribution in [0.3, 0.4) is 0 Å². The van der Waals surface area contributed by atoms with Gasteiger partial charge in [0.15, 0.2) is 0 Å². The lowest BCUT2D eigenvalue weighted by atomic mass is 10.1. The number of anilines is 1. The summed E-state index contributed by atoms with van der Waals surface area (Å²) < 4.78 is 0. The van der Waals surface area contributed by atoms with Crippen LogP contribution in [-0.4, -0.2) is 48.0 Å². The van der Waals surface area contributed by atoms with E-state index in [2.05, 4.69) is 64.3 Å². The van der Waals surface area contributed by atoms with E-state index in [0.29, 0.717) is 17.5 Å². The van der Waals surface area contributed by atoms with Crippen LogP contribution in [0.1, 0.15) is 41.8 Å². The Morgan fingerprint density at radius 3 is 2.86 bits per heavy atom. The van der Waals surface area contributed by atoms with Crippen molar-refractivity contribution >= 4 is 11.7 Å². The minimum atomic E-state index is -0.00785. The number of carbonyl (C=O) groups is 1. The maximum absolute atomic E-state index is 12.4. The Balaban J connectivity index is 1.38. The molecule has 148 valence electrons. The van der Waals surface area contributed by atoms with Crippen LogP contribution in [0.15, 0.2) is 42.6 Å². The Morgan fingerprint density at radius 2 is 2.07 bits per heavy atom. The van der Waals surface area contributed by atoms with E-state index < -0.39 is 0 Å². The molecule has 1 fully saturated rings. The van der Waals surface area contributed by atoms with Crippen molar-refractivity contribution in [1.29, 1.82) is 0 Å². The van der Waals surface area contributed by atoms with E-state index in [0.717, 1.165) is 51.4 Å². The molecule has 4 rings (SSSR count). The molecule has 2 aliphatic heterocycles. The number of piperazine rings is 1. The number of rotatable bonds is 6. The van der Waals surface area contributed by atoms with Crippen LogP contribution in [0.2, 0.25) is 0 Å². The highest BCUT2D eigenvalue weighted by Crippen LogP contribution is 2.33. The van der Waals surface area contributed by atoms with E-state index in [4.69, 9.17) is 0 Å².